The molecule has 0 bridgehead atoms. The van der Waals surface area contributed by atoms with Crippen molar-refractivity contribution in [2.75, 3.05) is 25.2 Å². The van der Waals surface area contributed by atoms with Crippen LogP contribution in [0.1, 0.15) is 16.0 Å². The number of benzene rings is 2. The molecule has 8 nitrogen and oxygen atoms in total. The SMILES string of the molecule is C=CCN(CC(=O)N(Cc1ccc2c(c1)OCO2)Cc1cccs1)C(=O)Nc1cccc(C#N)c1. The number of ether oxygens (including phenoxy) is 2. The predicted molar refractivity (Wildman–Crippen MR) is 133 cm³/mol. The molecule has 2 aromatic carbocycles. The van der Waals surface area contributed by atoms with E-state index in [4.69, 9.17) is 14.7 Å². The Morgan fingerprint density at radius 3 is 2.71 bits per heavy atom. The second-order valence-electron chi connectivity index (χ2n) is 7.81. The minimum atomic E-state index is -0.451. The summed E-state index contributed by atoms with van der Waals surface area (Å²) in [4.78, 5) is 30.5. The minimum absolute atomic E-state index is 0.133. The van der Waals surface area contributed by atoms with Crippen LogP contribution in [0.25, 0.3) is 0 Å². The van der Waals surface area contributed by atoms with E-state index in [0.29, 0.717) is 35.8 Å². The van der Waals surface area contributed by atoms with E-state index in [1.54, 1.807) is 46.6 Å². The highest BCUT2D eigenvalue weighted by molar-refractivity contribution is 7.09. The molecule has 1 aliphatic heterocycles. The summed E-state index contributed by atoms with van der Waals surface area (Å²) in [6.07, 6.45) is 1.57. The number of carbonyl (C=O) groups is 2. The molecule has 0 spiro atoms. The molecule has 0 fully saturated rings. The third kappa shape index (κ3) is 6.19. The molecule has 0 saturated carbocycles. The molecule has 1 N–H and O–H groups in total. The number of carbonyl (C=O) groups excluding carboxylic acids is 2. The van der Waals surface area contributed by atoms with Crippen molar-refractivity contribution in [3.8, 4) is 17.6 Å². The first-order valence-electron chi connectivity index (χ1n) is 10.9. The number of nitrogens with zero attached hydrogens (tertiary/aromatic N) is 3. The fourth-order valence-electron chi connectivity index (χ4n) is 3.59. The first kappa shape index (κ1) is 23.9. The van der Waals surface area contributed by atoms with E-state index >= 15 is 0 Å². The van der Waals surface area contributed by atoms with Crippen LogP contribution in [0, 0.1) is 11.3 Å². The molecule has 3 aromatic rings. The van der Waals surface area contributed by atoms with E-state index in [2.05, 4.69) is 11.9 Å². The lowest BCUT2D eigenvalue weighted by Gasteiger charge is -2.27. The molecule has 0 unspecified atom stereocenters. The number of nitrogens with one attached hydrogen (secondary N) is 1. The smallest absolute Gasteiger partial charge is 0.322 e. The molecule has 0 atom stereocenters. The van der Waals surface area contributed by atoms with Gasteiger partial charge >= 0.3 is 6.03 Å². The highest BCUT2D eigenvalue weighted by Crippen LogP contribution is 2.33. The number of thiophene rings is 1. The Kier molecular flexibility index (Phi) is 7.65. The first-order chi connectivity index (χ1) is 17.1. The van der Waals surface area contributed by atoms with Gasteiger partial charge in [-0.1, -0.05) is 24.3 Å². The molecule has 0 radical (unpaired) electrons. The molecule has 0 saturated heterocycles. The number of amides is 3. The zero-order valence-electron chi connectivity index (χ0n) is 19.0. The van der Waals surface area contributed by atoms with Crippen molar-refractivity contribution in [3.63, 3.8) is 0 Å². The van der Waals surface area contributed by atoms with Gasteiger partial charge in [0.05, 0.1) is 18.2 Å². The number of hydrogen-bond acceptors (Lipinski definition) is 6. The van der Waals surface area contributed by atoms with Crippen LogP contribution >= 0.6 is 11.3 Å². The average molecular weight is 489 g/mol. The molecule has 4 rings (SSSR count). The van der Waals surface area contributed by atoms with Crippen molar-refractivity contribution in [1.82, 2.24) is 9.80 Å². The first-order valence-corrected chi connectivity index (χ1v) is 11.8. The van der Waals surface area contributed by atoms with Gasteiger partial charge in [0.25, 0.3) is 0 Å². The molecule has 0 aliphatic carbocycles. The van der Waals surface area contributed by atoms with E-state index in [9.17, 15) is 9.59 Å². The molecule has 9 heteroatoms. The second-order valence-corrected chi connectivity index (χ2v) is 8.84. The van der Waals surface area contributed by atoms with E-state index < -0.39 is 6.03 Å². The van der Waals surface area contributed by atoms with Crippen molar-refractivity contribution >= 4 is 29.0 Å². The van der Waals surface area contributed by atoms with E-state index in [1.807, 2.05) is 41.8 Å². The third-order valence-corrected chi connectivity index (χ3v) is 6.16. The molecule has 1 aliphatic rings. The van der Waals surface area contributed by atoms with Crippen LogP contribution in [0.5, 0.6) is 11.5 Å². The zero-order valence-corrected chi connectivity index (χ0v) is 19.8. The Hall–Kier alpha value is -4.29. The Morgan fingerprint density at radius 2 is 1.94 bits per heavy atom. The van der Waals surface area contributed by atoms with Gasteiger partial charge in [-0.05, 0) is 47.3 Å². The Bertz CT molecular complexity index is 1250. The zero-order chi connectivity index (χ0) is 24.6. The molecule has 178 valence electrons. The lowest BCUT2D eigenvalue weighted by atomic mass is 10.2. The summed E-state index contributed by atoms with van der Waals surface area (Å²) in [7, 11) is 0. The number of fused-ring (bicyclic) bond motifs is 1. The van der Waals surface area contributed by atoms with Gasteiger partial charge in [0.1, 0.15) is 6.54 Å². The summed E-state index contributed by atoms with van der Waals surface area (Å²) in [6.45, 7) is 4.72. The third-order valence-electron chi connectivity index (χ3n) is 5.30. The topological polar surface area (TPSA) is 94.9 Å². The summed E-state index contributed by atoms with van der Waals surface area (Å²) in [5, 5.41) is 13.8. The standard InChI is InChI=1S/C26H24N4O4S/c1-2-10-29(26(32)28-21-6-3-5-19(12-21)14-27)17-25(31)30(16-22-7-4-11-35-22)15-20-8-9-23-24(13-20)34-18-33-23/h2-9,11-13H,1,10,15-18H2,(H,28,32). The van der Waals surface area contributed by atoms with Gasteiger partial charge in [-0.3, -0.25) is 4.79 Å². The number of rotatable bonds is 9. The van der Waals surface area contributed by atoms with E-state index in [0.717, 1.165) is 10.4 Å². The summed E-state index contributed by atoms with van der Waals surface area (Å²) in [5.74, 6) is 1.12. The fourth-order valence-corrected chi connectivity index (χ4v) is 4.31. The van der Waals surface area contributed by atoms with Crippen LogP contribution in [0.2, 0.25) is 0 Å². The maximum absolute atomic E-state index is 13.4. The molecule has 1 aromatic heterocycles. The molecule has 2 heterocycles. The maximum Gasteiger partial charge on any atom is 0.322 e. The van der Waals surface area contributed by atoms with Crippen molar-refractivity contribution in [2.24, 2.45) is 0 Å². The van der Waals surface area contributed by atoms with E-state index in [1.165, 1.54) is 4.90 Å². The summed E-state index contributed by atoms with van der Waals surface area (Å²) in [5.41, 5.74) is 1.80. The second kappa shape index (κ2) is 11.2. The minimum Gasteiger partial charge on any atom is -0.454 e. The van der Waals surface area contributed by atoms with Gasteiger partial charge in [-0.25, -0.2) is 4.79 Å². The fraction of sp³-hybridized carbons (Fsp3) is 0.192. The van der Waals surface area contributed by atoms with Crippen molar-refractivity contribution in [1.29, 1.82) is 5.26 Å². The highest BCUT2D eigenvalue weighted by Gasteiger charge is 2.23. The summed E-state index contributed by atoms with van der Waals surface area (Å²) >= 11 is 1.57. The predicted octanol–water partition coefficient (Wildman–Crippen LogP) is 4.60. The van der Waals surface area contributed by atoms with Gasteiger partial charge in [0, 0.05) is 23.7 Å². The lowest BCUT2D eigenvalue weighted by Crippen LogP contribution is -2.44. The number of urea groups is 1. The van der Waals surface area contributed by atoms with Crippen LogP contribution in [-0.2, 0) is 17.9 Å². The number of nitriles is 1. The molecular weight excluding hydrogens is 464 g/mol. The Morgan fingerprint density at radius 1 is 1.09 bits per heavy atom. The van der Waals surface area contributed by atoms with Crippen molar-refractivity contribution in [3.05, 3.63) is 88.6 Å². The number of hydrogen-bond donors (Lipinski definition) is 1. The van der Waals surface area contributed by atoms with Crippen LogP contribution in [-0.4, -0.2) is 41.6 Å². The highest BCUT2D eigenvalue weighted by atomic mass is 32.1. The summed E-state index contributed by atoms with van der Waals surface area (Å²) < 4.78 is 10.9. The largest absolute Gasteiger partial charge is 0.454 e. The summed E-state index contributed by atoms with van der Waals surface area (Å²) in [6, 6.07) is 17.7. The lowest BCUT2D eigenvalue weighted by molar-refractivity contribution is -0.132. The van der Waals surface area contributed by atoms with Crippen LogP contribution in [0.4, 0.5) is 10.5 Å². The Balaban J connectivity index is 1.49. The quantitative estimate of drug-likeness (QED) is 0.444. The van der Waals surface area contributed by atoms with Crippen molar-refractivity contribution in [2.45, 2.75) is 13.1 Å². The maximum atomic E-state index is 13.4. The molecular formula is C26H24N4O4S. The van der Waals surface area contributed by atoms with E-state index in [-0.39, 0.29) is 25.8 Å². The number of anilines is 1. The van der Waals surface area contributed by atoms with Crippen molar-refractivity contribution < 1.29 is 19.1 Å². The Labute approximate surface area is 207 Å². The monoisotopic (exact) mass is 488 g/mol. The van der Waals surface area contributed by atoms with Gasteiger partial charge in [0.2, 0.25) is 12.7 Å². The normalized spacial score (nSPS) is 11.4. The average Bonchev–Trinajstić information content (AvgIpc) is 3.55. The van der Waals surface area contributed by atoms with Gasteiger partial charge in [-0.2, -0.15) is 5.26 Å². The van der Waals surface area contributed by atoms with Gasteiger partial charge < -0.3 is 24.6 Å². The van der Waals surface area contributed by atoms with Crippen LogP contribution in [0.3, 0.4) is 0 Å². The van der Waals surface area contributed by atoms with Crippen LogP contribution in [0.15, 0.2) is 72.6 Å². The molecule has 3 amide bonds. The van der Waals surface area contributed by atoms with Gasteiger partial charge in [-0.15, -0.1) is 17.9 Å². The van der Waals surface area contributed by atoms with Gasteiger partial charge in [0.15, 0.2) is 11.5 Å². The molecule has 35 heavy (non-hydrogen) atoms. The van der Waals surface area contributed by atoms with Crippen LogP contribution < -0.4 is 14.8 Å².